The Morgan fingerprint density at radius 1 is 1.67 bits per heavy atom. The lowest BCUT2D eigenvalue weighted by Crippen LogP contribution is -2.07. The molecular weight excluding hydrogens is 296 g/mol. The number of carbonyl (C=O) groups is 1. The van der Waals surface area contributed by atoms with Gasteiger partial charge >= 0.3 is 0 Å². The zero-order valence-corrected chi connectivity index (χ0v) is 11.6. The van der Waals surface area contributed by atoms with Gasteiger partial charge in [-0.2, -0.15) is 11.8 Å². The van der Waals surface area contributed by atoms with Gasteiger partial charge in [0.15, 0.2) is 5.78 Å². The Morgan fingerprint density at radius 2 is 2.40 bits per heavy atom. The number of rotatable bonds is 6. The molecule has 0 radical (unpaired) electrons. The molecule has 0 spiro atoms. The number of thiophene rings is 1. The SMILES string of the molecule is CC(CO)CSCC(=O)c1ccc(Br)s1. The molecule has 5 heteroatoms. The van der Waals surface area contributed by atoms with Crippen LogP contribution in [0.25, 0.3) is 0 Å². The summed E-state index contributed by atoms with van der Waals surface area (Å²) in [4.78, 5) is 12.4. The summed E-state index contributed by atoms with van der Waals surface area (Å²) in [5.74, 6) is 1.75. The minimum Gasteiger partial charge on any atom is -0.396 e. The van der Waals surface area contributed by atoms with Gasteiger partial charge in [-0.25, -0.2) is 0 Å². The van der Waals surface area contributed by atoms with E-state index in [2.05, 4.69) is 15.9 Å². The molecule has 1 aromatic heterocycles. The average Bonchev–Trinajstić information content (AvgIpc) is 2.64. The van der Waals surface area contributed by atoms with Crippen LogP contribution in [0.1, 0.15) is 16.6 Å². The van der Waals surface area contributed by atoms with Crippen LogP contribution in [0.5, 0.6) is 0 Å². The van der Waals surface area contributed by atoms with Crippen LogP contribution < -0.4 is 0 Å². The highest BCUT2D eigenvalue weighted by Crippen LogP contribution is 2.23. The van der Waals surface area contributed by atoms with Gasteiger partial charge in [0.1, 0.15) is 0 Å². The van der Waals surface area contributed by atoms with Gasteiger partial charge in [0.2, 0.25) is 0 Å². The summed E-state index contributed by atoms with van der Waals surface area (Å²) in [7, 11) is 0. The first-order valence-corrected chi connectivity index (χ1v) is 7.37. The second-order valence-electron chi connectivity index (χ2n) is 3.33. The number of Topliss-reactive ketones (excluding diaryl/α,β-unsaturated/α-hetero) is 1. The summed E-state index contributed by atoms with van der Waals surface area (Å²) < 4.78 is 0.986. The van der Waals surface area contributed by atoms with Gasteiger partial charge in [0.05, 0.1) is 14.4 Å². The highest BCUT2D eigenvalue weighted by molar-refractivity contribution is 9.11. The Hall–Kier alpha value is 0.160. The second-order valence-corrected chi connectivity index (χ2v) is 6.82. The molecule has 0 bridgehead atoms. The second kappa shape index (κ2) is 6.68. The van der Waals surface area contributed by atoms with Crippen LogP contribution in [0.3, 0.4) is 0 Å². The predicted octanol–water partition coefficient (Wildman–Crippen LogP) is 3.05. The van der Waals surface area contributed by atoms with E-state index in [0.717, 1.165) is 14.4 Å². The van der Waals surface area contributed by atoms with Gasteiger partial charge in [0, 0.05) is 6.61 Å². The summed E-state index contributed by atoms with van der Waals surface area (Å²) in [6.45, 7) is 2.16. The van der Waals surface area contributed by atoms with E-state index in [-0.39, 0.29) is 18.3 Å². The minimum atomic E-state index is 0.167. The molecule has 1 atom stereocenters. The fourth-order valence-electron chi connectivity index (χ4n) is 0.941. The van der Waals surface area contributed by atoms with E-state index in [0.29, 0.717) is 5.75 Å². The van der Waals surface area contributed by atoms with E-state index in [1.54, 1.807) is 11.8 Å². The Kier molecular flexibility index (Phi) is 5.89. The zero-order valence-electron chi connectivity index (χ0n) is 8.40. The van der Waals surface area contributed by atoms with Crippen LogP contribution in [0.4, 0.5) is 0 Å². The Morgan fingerprint density at radius 3 is 2.93 bits per heavy atom. The average molecular weight is 309 g/mol. The van der Waals surface area contributed by atoms with Gasteiger partial charge in [-0.3, -0.25) is 4.79 Å². The van der Waals surface area contributed by atoms with Crippen molar-refractivity contribution in [2.45, 2.75) is 6.92 Å². The maximum atomic E-state index is 11.6. The number of ketones is 1. The number of halogens is 1. The maximum absolute atomic E-state index is 11.6. The number of carbonyl (C=O) groups excluding carboxylic acids is 1. The molecule has 1 N–H and O–H groups in total. The van der Waals surface area contributed by atoms with Crippen molar-refractivity contribution in [3.8, 4) is 0 Å². The summed E-state index contributed by atoms with van der Waals surface area (Å²) >= 11 is 6.37. The number of aliphatic hydroxyl groups is 1. The first-order chi connectivity index (χ1) is 7.13. The third-order valence-electron chi connectivity index (χ3n) is 1.80. The monoisotopic (exact) mass is 308 g/mol. The van der Waals surface area contributed by atoms with Crippen molar-refractivity contribution in [2.75, 3.05) is 18.1 Å². The highest BCUT2D eigenvalue weighted by atomic mass is 79.9. The fraction of sp³-hybridized carbons (Fsp3) is 0.500. The number of hydrogen-bond donors (Lipinski definition) is 1. The molecule has 1 rings (SSSR count). The maximum Gasteiger partial charge on any atom is 0.182 e. The molecule has 0 amide bonds. The molecule has 0 aliphatic carbocycles. The predicted molar refractivity (Wildman–Crippen MR) is 69.9 cm³/mol. The third kappa shape index (κ3) is 4.68. The van der Waals surface area contributed by atoms with E-state index in [9.17, 15) is 4.79 Å². The molecule has 0 aliphatic rings. The summed E-state index contributed by atoms with van der Waals surface area (Å²) in [6, 6.07) is 3.73. The molecule has 1 heterocycles. The Labute approximate surface area is 106 Å². The van der Waals surface area contributed by atoms with Crippen molar-refractivity contribution in [1.82, 2.24) is 0 Å². The smallest absolute Gasteiger partial charge is 0.182 e. The largest absolute Gasteiger partial charge is 0.396 e. The fourth-order valence-corrected chi connectivity index (χ4v) is 3.32. The third-order valence-corrected chi connectivity index (χ3v) is 4.73. The van der Waals surface area contributed by atoms with Crippen molar-refractivity contribution < 1.29 is 9.90 Å². The van der Waals surface area contributed by atoms with Gasteiger partial charge in [-0.15, -0.1) is 11.3 Å². The van der Waals surface area contributed by atoms with Crippen molar-refractivity contribution in [3.63, 3.8) is 0 Å². The molecular formula is C10H13BrO2S2. The van der Waals surface area contributed by atoms with E-state index < -0.39 is 0 Å². The minimum absolute atomic E-state index is 0.167. The molecule has 1 aromatic rings. The van der Waals surface area contributed by atoms with Crippen molar-refractivity contribution in [2.24, 2.45) is 5.92 Å². The van der Waals surface area contributed by atoms with Crippen LogP contribution in [0, 0.1) is 5.92 Å². The van der Waals surface area contributed by atoms with Gasteiger partial charge in [-0.1, -0.05) is 6.92 Å². The zero-order chi connectivity index (χ0) is 11.3. The Bertz CT molecular complexity index is 325. The molecule has 84 valence electrons. The van der Waals surface area contributed by atoms with Crippen LogP contribution in [-0.2, 0) is 0 Å². The van der Waals surface area contributed by atoms with Crippen LogP contribution in [0.2, 0.25) is 0 Å². The summed E-state index contributed by atoms with van der Waals surface area (Å²) in [6.07, 6.45) is 0. The lowest BCUT2D eigenvalue weighted by Gasteiger charge is -2.05. The van der Waals surface area contributed by atoms with Crippen LogP contribution >= 0.6 is 39.0 Å². The molecule has 0 saturated heterocycles. The normalized spacial score (nSPS) is 12.7. The van der Waals surface area contributed by atoms with E-state index in [1.807, 2.05) is 19.1 Å². The molecule has 0 aromatic carbocycles. The van der Waals surface area contributed by atoms with E-state index in [1.165, 1.54) is 11.3 Å². The van der Waals surface area contributed by atoms with Gasteiger partial charge in [0.25, 0.3) is 0 Å². The Balaban J connectivity index is 2.31. The number of aliphatic hydroxyl groups excluding tert-OH is 1. The van der Waals surface area contributed by atoms with E-state index in [4.69, 9.17) is 5.11 Å². The van der Waals surface area contributed by atoms with Crippen molar-refractivity contribution >= 4 is 44.8 Å². The first kappa shape index (κ1) is 13.2. The van der Waals surface area contributed by atoms with Crippen LogP contribution in [0.15, 0.2) is 15.9 Å². The molecule has 0 fully saturated rings. The quantitative estimate of drug-likeness (QED) is 0.821. The van der Waals surface area contributed by atoms with E-state index >= 15 is 0 Å². The number of thioether (sulfide) groups is 1. The lowest BCUT2D eigenvalue weighted by atomic mass is 10.2. The van der Waals surface area contributed by atoms with Gasteiger partial charge in [-0.05, 0) is 39.7 Å². The van der Waals surface area contributed by atoms with Crippen molar-refractivity contribution in [3.05, 3.63) is 20.8 Å². The summed E-state index contributed by atoms with van der Waals surface area (Å²) in [5.41, 5.74) is 0. The van der Waals surface area contributed by atoms with Gasteiger partial charge < -0.3 is 5.11 Å². The first-order valence-electron chi connectivity index (χ1n) is 4.60. The topological polar surface area (TPSA) is 37.3 Å². The van der Waals surface area contributed by atoms with Crippen LogP contribution in [-0.4, -0.2) is 29.0 Å². The molecule has 2 nitrogen and oxygen atoms in total. The molecule has 0 saturated carbocycles. The summed E-state index contributed by atoms with van der Waals surface area (Å²) in [5, 5.41) is 8.82. The highest BCUT2D eigenvalue weighted by Gasteiger charge is 2.09. The number of hydrogen-bond acceptors (Lipinski definition) is 4. The standard InChI is InChI=1S/C10H13BrO2S2/c1-7(4-12)5-14-6-8(13)9-2-3-10(11)15-9/h2-3,7,12H,4-6H2,1H3. The molecule has 15 heavy (non-hydrogen) atoms. The lowest BCUT2D eigenvalue weighted by molar-refractivity contribution is 0.102. The van der Waals surface area contributed by atoms with Crippen molar-refractivity contribution in [1.29, 1.82) is 0 Å². The molecule has 1 unspecified atom stereocenters. The molecule has 0 aliphatic heterocycles.